The number of piperidine rings is 1. The number of pyridine rings is 1. The summed E-state index contributed by atoms with van der Waals surface area (Å²) < 4.78 is 7.68. The van der Waals surface area contributed by atoms with Gasteiger partial charge in [-0.05, 0) is 72.7 Å². The maximum atomic E-state index is 13.9. The maximum absolute atomic E-state index is 13.9. The number of nitrogens with zero attached hydrogens (tertiary/aromatic N) is 2. The number of aryl methyl sites for hydroxylation is 1. The van der Waals surface area contributed by atoms with Crippen LogP contribution in [0, 0.1) is 5.92 Å². The van der Waals surface area contributed by atoms with Crippen molar-refractivity contribution in [2.75, 3.05) is 26.8 Å². The van der Waals surface area contributed by atoms with Gasteiger partial charge in [-0.1, -0.05) is 28.1 Å². The largest absolute Gasteiger partial charge is 0.381 e. The van der Waals surface area contributed by atoms with Crippen molar-refractivity contribution in [1.82, 2.24) is 14.8 Å². The summed E-state index contributed by atoms with van der Waals surface area (Å²) in [7, 11) is 3.43. The van der Waals surface area contributed by atoms with Crippen molar-refractivity contribution in [1.29, 1.82) is 0 Å². The van der Waals surface area contributed by atoms with E-state index in [2.05, 4.69) is 44.3 Å². The number of carbonyl (C=O) groups is 1. The summed E-state index contributed by atoms with van der Waals surface area (Å²) in [4.78, 5) is 28.2. The SMILES string of the molecule is COC/C=C/c1cc(Br)cc(CN(C(=O)C2CNCCC2c2ccn(C)c(=O)c2)C2CC2)c1. The molecule has 1 N–H and O–H groups in total. The monoisotopic (exact) mass is 513 g/mol. The number of nitrogens with one attached hydrogen (secondary N) is 1. The predicted octanol–water partition coefficient (Wildman–Crippen LogP) is 3.69. The van der Waals surface area contributed by atoms with Gasteiger partial charge in [0, 0.05) is 50.0 Å². The number of amides is 1. The molecule has 33 heavy (non-hydrogen) atoms. The zero-order chi connectivity index (χ0) is 23.4. The second-order valence-corrected chi connectivity index (χ2v) is 9.98. The van der Waals surface area contributed by atoms with E-state index in [-0.39, 0.29) is 23.3 Å². The number of ether oxygens (including phenoxy) is 1. The fraction of sp³-hybridized carbons (Fsp3) is 0.462. The first-order valence-corrected chi connectivity index (χ1v) is 12.4. The first-order chi connectivity index (χ1) is 16.0. The van der Waals surface area contributed by atoms with Gasteiger partial charge in [0.2, 0.25) is 5.91 Å². The van der Waals surface area contributed by atoms with Crippen LogP contribution < -0.4 is 10.9 Å². The zero-order valence-electron chi connectivity index (χ0n) is 19.3. The standard InChI is InChI=1S/C26H32BrN3O3/c1-29-10-8-20(15-25(29)31)23-7-9-28-16-24(23)26(32)30(22-5-6-22)17-19-12-18(4-3-11-33-2)13-21(27)14-19/h3-4,8,10,12-15,22-24,28H,5-7,9,11,16-17H2,1-2H3/b4-3+. The Balaban J connectivity index is 1.57. The molecule has 0 bridgehead atoms. The topological polar surface area (TPSA) is 63.6 Å². The number of methoxy groups -OCH3 is 1. The molecule has 1 saturated heterocycles. The van der Waals surface area contributed by atoms with E-state index in [0.717, 1.165) is 47.0 Å². The summed E-state index contributed by atoms with van der Waals surface area (Å²) in [6.07, 6.45) is 8.79. The highest BCUT2D eigenvalue weighted by Gasteiger charge is 2.40. The highest BCUT2D eigenvalue weighted by Crippen LogP contribution is 2.36. The smallest absolute Gasteiger partial charge is 0.250 e. The third kappa shape index (κ3) is 6.02. The molecule has 6 nitrogen and oxygen atoms in total. The molecule has 2 aliphatic rings. The fourth-order valence-electron chi connectivity index (χ4n) is 4.64. The summed E-state index contributed by atoms with van der Waals surface area (Å²) >= 11 is 3.62. The molecule has 0 radical (unpaired) electrons. The lowest BCUT2D eigenvalue weighted by Crippen LogP contribution is -2.47. The predicted molar refractivity (Wildman–Crippen MR) is 134 cm³/mol. The van der Waals surface area contributed by atoms with Gasteiger partial charge in [0.1, 0.15) is 0 Å². The third-order valence-corrected chi connectivity index (χ3v) is 6.99. The molecule has 4 rings (SSSR count). The Bertz CT molecular complexity index is 1080. The van der Waals surface area contributed by atoms with Gasteiger partial charge < -0.3 is 19.5 Å². The van der Waals surface area contributed by atoms with Gasteiger partial charge >= 0.3 is 0 Å². The molecule has 2 aromatic rings. The quantitative estimate of drug-likeness (QED) is 0.584. The van der Waals surface area contributed by atoms with Gasteiger partial charge in [0.15, 0.2) is 0 Å². The van der Waals surface area contributed by atoms with Crippen LogP contribution in [-0.2, 0) is 23.1 Å². The molecule has 176 valence electrons. The highest BCUT2D eigenvalue weighted by atomic mass is 79.9. The van der Waals surface area contributed by atoms with Gasteiger partial charge in [-0.15, -0.1) is 0 Å². The summed E-state index contributed by atoms with van der Waals surface area (Å²) in [6, 6.07) is 10.3. The van der Waals surface area contributed by atoms with Crippen LogP contribution in [0.5, 0.6) is 0 Å². The molecule has 1 saturated carbocycles. The number of benzene rings is 1. The number of hydrogen-bond acceptors (Lipinski definition) is 4. The molecule has 1 aliphatic carbocycles. The minimum absolute atomic E-state index is 0.0283. The molecule has 0 spiro atoms. The van der Waals surface area contributed by atoms with E-state index in [4.69, 9.17) is 4.74 Å². The van der Waals surface area contributed by atoms with Crippen molar-refractivity contribution in [2.24, 2.45) is 13.0 Å². The minimum atomic E-state index is -0.167. The van der Waals surface area contributed by atoms with E-state index in [0.29, 0.717) is 25.7 Å². The van der Waals surface area contributed by atoms with Gasteiger partial charge in [0.25, 0.3) is 5.56 Å². The second-order valence-electron chi connectivity index (χ2n) is 9.06. The van der Waals surface area contributed by atoms with Gasteiger partial charge in [-0.25, -0.2) is 0 Å². The normalized spacial score (nSPS) is 20.8. The first kappa shape index (κ1) is 23.9. The zero-order valence-corrected chi connectivity index (χ0v) is 20.9. The van der Waals surface area contributed by atoms with Crippen molar-refractivity contribution in [3.63, 3.8) is 0 Å². The van der Waals surface area contributed by atoms with Crippen LogP contribution >= 0.6 is 15.9 Å². The molecular weight excluding hydrogens is 482 g/mol. The molecular formula is C26H32BrN3O3. The van der Waals surface area contributed by atoms with Crippen molar-refractivity contribution >= 4 is 27.9 Å². The van der Waals surface area contributed by atoms with Crippen LogP contribution in [-0.4, -0.2) is 48.2 Å². The number of carbonyl (C=O) groups excluding carboxylic acids is 1. The Morgan fingerprint density at radius 1 is 1.27 bits per heavy atom. The molecule has 1 amide bonds. The molecule has 2 atom stereocenters. The Morgan fingerprint density at radius 3 is 2.82 bits per heavy atom. The van der Waals surface area contributed by atoms with Crippen molar-refractivity contribution in [3.05, 3.63) is 74.1 Å². The van der Waals surface area contributed by atoms with Gasteiger partial charge in [-0.2, -0.15) is 0 Å². The van der Waals surface area contributed by atoms with E-state index in [1.165, 1.54) is 0 Å². The lowest BCUT2D eigenvalue weighted by Gasteiger charge is -2.35. The van der Waals surface area contributed by atoms with Gasteiger partial charge in [0.05, 0.1) is 12.5 Å². The average molecular weight is 514 g/mol. The minimum Gasteiger partial charge on any atom is -0.381 e. The average Bonchev–Trinajstić information content (AvgIpc) is 3.64. The summed E-state index contributed by atoms with van der Waals surface area (Å²) in [5, 5.41) is 3.41. The van der Waals surface area contributed by atoms with Gasteiger partial charge in [-0.3, -0.25) is 9.59 Å². The fourth-order valence-corrected chi connectivity index (χ4v) is 5.20. The number of hydrogen-bond donors (Lipinski definition) is 1. The van der Waals surface area contributed by atoms with Crippen molar-refractivity contribution in [3.8, 4) is 0 Å². The van der Waals surface area contributed by atoms with E-state index in [9.17, 15) is 9.59 Å². The van der Waals surface area contributed by atoms with E-state index in [1.807, 2.05) is 18.2 Å². The lowest BCUT2D eigenvalue weighted by atomic mass is 9.80. The van der Waals surface area contributed by atoms with Crippen LogP contribution in [0.1, 0.15) is 41.9 Å². The summed E-state index contributed by atoms with van der Waals surface area (Å²) in [6.45, 7) is 2.66. The molecule has 2 unspecified atom stereocenters. The lowest BCUT2D eigenvalue weighted by molar-refractivity contribution is -0.138. The van der Waals surface area contributed by atoms with Crippen LogP contribution in [0.3, 0.4) is 0 Å². The van der Waals surface area contributed by atoms with Crippen LogP contribution in [0.2, 0.25) is 0 Å². The summed E-state index contributed by atoms with van der Waals surface area (Å²) in [5.74, 6) is 0.0791. The Labute approximate surface area is 203 Å². The number of halogens is 1. The van der Waals surface area contributed by atoms with Crippen LogP contribution in [0.4, 0.5) is 0 Å². The molecule has 7 heteroatoms. The maximum Gasteiger partial charge on any atom is 0.250 e. The van der Waals surface area contributed by atoms with E-state index in [1.54, 1.807) is 31.0 Å². The Hall–Kier alpha value is -2.22. The third-order valence-electron chi connectivity index (χ3n) is 6.53. The number of aromatic nitrogens is 1. The first-order valence-electron chi connectivity index (χ1n) is 11.6. The highest BCUT2D eigenvalue weighted by molar-refractivity contribution is 9.10. The molecule has 2 fully saturated rings. The van der Waals surface area contributed by atoms with E-state index < -0.39 is 0 Å². The van der Waals surface area contributed by atoms with Crippen molar-refractivity contribution in [2.45, 2.75) is 37.8 Å². The summed E-state index contributed by atoms with van der Waals surface area (Å²) in [5.41, 5.74) is 3.13. The van der Waals surface area contributed by atoms with Crippen LogP contribution in [0.25, 0.3) is 6.08 Å². The Kier molecular flexibility index (Phi) is 7.83. The molecule has 2 heterocycles. The number of rotatable bonds is 8. The molecule has 1 aromatic heterocycles. The van der Waals surface area contributed by atoms with Crippen molar-refractivity contribution < 1.29 is 9.53 Å². The van der Waals surface area contributed by atoms with E-state index >= 15 is 0 Å². The molecule has 1 aromatic carbocycles. The van der Waals surface area contributed by atoms with Crippen LogP contribution in [0.15, 0.2) is 51.9 Å². The Morgan fingerprint density at radius 2 is 2.09 bits per heavy atom. The second kappa shape index (κ2) is 10.8. The molecule has 1 aliphatic heterocycles.